The van der Waals surface area contributed by atoms with E-state index in [1.54, 1.807) is 0 Å². The predicted molar refractivity (Wildman–Crippen MR) is 46.2 cm³/mol. The number of hydrogen-bond acceptors (Lipinski definition) is 3. The molecule has 3 atom stereocenters. The van der Waals surface area contributed by atoms with Gasteiger partial charge in [-0.15, -0.1) is 0 Å². The Morgan fingerprint density at radius 2 is 2.33 bits per heavy atom. The second-order valence-electron chi connectivity index (χ2n) is 3.51. The summed E-state index contributed by atoms with van der Waals surface area (Å²) in [4.78, 5) is 2.16. The summed E-state index contributed by atoms with van der Waals surface area (Å²) in [5.74, 6) is 0. The van der Waals surface area contributed by atoms with Gasteiger partial charge in [0.2, 0.25) is 0 Å². The first-order chi connectivity index (χ1) is 6.52. The number of hydrogen-bond donors (Lipinski definition) is 0. The van der Waals surface area contributed by atoms with Crippen LogP contribution in [-0.4, -0.2) is 49.4 Å². The lowest BCUT2D eigenvalue weighted by atomic mass is 10.1. The zero-order chi connectivity index (χ0) is 10.3. The van der Waals surface area contributed by atoms with Gasteiger partial charge in [0.1, 0.15) is 0 Å². The fraction of sp³-hybridized carbons (Fsp3) is 1.00. The van der Waals surface area contributed by atoms with Crippen LogP contribution in [0.3, 0.4) is 0 Å². The molecule has 0 aliphatic carbocycles. The largest absolute Gasteiger partial charge is 0.378 e. The Balaban J connectivity index is 2.19. The fourth-order valence-electron chi connectivity index (χ4n) is 1.76. The number of morpholine rings is 2. The summed E-state index contributed by atoms with van der Waals surface area (Å²) in [5.41, 5.74) is 0. The summed E-state index contributed by atoms with van der Waals surface area (Å²) in [7, 11) is 0. The van der Waals surface area contributed by atoms with Gasteiger partial charge >= 0.3 is 0 Å². The van der Waals surface area contributed by atoms with Crippen molar-refractivity contribution in [1.29, 1.82) is 0 Å². The van der Waals surface area contributed by atoms with Gasteiger partial charge in [-0.25, -0.2) is 0 Å². The Morgan fingerprint density at radius 3 is 3.17 bits per heavy atom. The molecule has 0 N–H and O–H groups in total. The molecule has 2 aliphatic rings. The molecule has 2 rings (SSSR count). The second kappa shape index (κ2) is 3.32. The molecular weight excluding hydrogens is 154 g/mol. The quantitative estimate of drug-likeness (QED) is 0.532. The van der Waals surface area contributed by atoms with Crippen LogP contribution in [0.4, 0.5) is 0 Å². The summed E-state index contributed by atoms with van der Waals surface area (Å²) >= 11 is 0. The van der Waals surface area contributed by atoms with E-state index in [-0.39, 0.29) is 18.2 Å². The highest BCUT2D eigenvalue weighted by molar-refractivity contribution is 4.86. The number of fused-ring (bicyclic) bond motifs is 1. The van der Waals surface area contributed by atoms with Crippen molar-refractivity contribution in [2.45, 2.75) is 32.0 Å². The molecule has 0 amide bonds. The van der Waals surface area contributed by atoms with Crippen LogP contribution in [0.2, 0.25) is 0 Å². The molecule has 2 saturated heterocycles. The van der Waals surface area contributed by atoms with Gasteiger partial charge < -0.3 is 9.47 Å². The minimum atomic E-state index is -1.58. The summed E-state index contributed by atoms with van der Waals surface area (Å²) in [6, 6.07) is 0.0233. The third kappa shape index (κ3) is 1.37. The van der Waals surface area contributed by atoms with E-state index in [0.717, 1.165) is 6.54 Å². The molecule has 2 aliphatic heterocycles. The van der Waals surface area contributed by atoms with E-state index in [0.29, 0.717) is 13.2 Å². The Morgan fingerprint density at radius 1 is 1.50 bits per heavy atom. The smallest absolute Gasteiger partial charge is 0.0700 e. The number of rotatable bonds is 0. The zero-order valence-corrected chi connectivity index (χ0v) is 7.62. The first-order valence-corrected chi connectivity index (χ1v) is 4.53. The second-order valence-corrected chi connectivity index (χ2v) is 3.51. The summed E-state index contributed by atoms with van der Waals surface area (Å²) in [6.45, 7) is 4.37. The SMILES string of the molecule is [2H]C1([2H])O[C@@H](C)[C@@H](C)N2CCOCC21. The number of ether oxygens (including phenoxy) is 2. The van der Waals surface area contributed by atoms with Crippen molar-refractivity contribution in [1.82, 2.24) is 4.90 Å². The van der Waals surface area contributed by atoms with E-state index in [1.165, 1.54) is 0 Å². The van der Waals surface area contributed by atoms with Crippen LogP contribution in [0.25, 0.3) is 0 Å². The molecule has 12 heavy (non-hydrogen) atoms. The first-order valence-electron chi connectivity index (χ1n) is 5.53. The van der Waals surface area contributed by atoms with Gasteiger partial charge in [0.25, 0.3) is 0 Å². The van der Waals surface area contributed by atoms with E-state index in [2.05, 4.69) is 11.8 Å². The Hall–Kier alpha value is -0.120. The van der Waals surface area contributed by atoms with Gasteiger partial charge in [-0.1, -0.05) is 0 Å². The molecule has 2 fully saturated rings. The average Bonchev–Trinajstić information content (AvgIpc) is 2.14. The molecule has 0 saturated carbocycles. The van der Waals surface area contributed by atoms with Gasteiger partial charge in [0, 0.05) is 12.6 Å². The van der Waals surface area contributed by atoms with Crippen LogP contribution in [-0.2, 0) is 9.47 Å². The van der Waals surface area contributed by atoms with Crippen molar-refractivity contribution in [3.63, 3.8) is 0 Å². The Labute approximate surface area is 76.4 Å². The molecule has 0 spiro atoms. The highest BCUT2D eigenvalue weighted by atomic mass is 16.5. The van der Waals surface area contributed by atoms with Crippen molar-refractivity contribution in [3.05, 3.63) is 0 Å². The fourth-order valence-corrected chi connectivity index (χ4v) is 1.76. The molecule has 3 nitrogen and oxygen atoms in total. The van der Waals surface area contributed by atoms with Crippen LogP contribution in [0.5, 0.6) is 0 Å². The third-order valence-electron chi connectivity index (χ3n) is 2.76. The lowest BCUT2D eigenvalue weighted by Crippen LogP contribution is -2.59. The maximum absolute atomic E-state index is 7.79. The Bertz CT molecular complexity index is 225. The normalized spacial score (nSPS) is 50.7. The first kappa shape index (κ1) is 6.35. The van der Waals surface area contributed by atoms with Crippen molar-refractivity contribution in [2.75, 3.05) is 26.3 Å². The van der Waals surface area contributed by atoms with Crippen LogP contribution < -0.4 is 0 Å². The van der Waals surface area contributed by atoms with Gasteiger partial charge in [0.05, 0.1) is 34.7 Å². The molecule has 1 unspecified atom stereocenters. The van der Waals surface area contributed by atoms with Crippen molar-refractivity contribution < 1.29 is 12.2 Å². The zero-order valence-electron chi connectivity index (χ0n) is 9.62. The average molecular weight is 173 g/mol. The van der Waals surface area contributed by atoms with Crippen LogP contribution in [0.1, 0.15) is 16.6 Å². The van der Waals surface area contributed by atoms with Crippen LogP contribution in [0, 0.1) is 0 Å². The summed E-state index contributed by atoms with van der Waals surface area (Å²) < 4.78 is 26.3. The maximum Gasteiger partial charge on any atom is 0.0700 e. The third-order valence-corrected chi connectivity index (χ3v) is 2.76. The highest BCUT2D eigenvalue weighted by Gasteiger charge is 2.34. The van der Waals surface area contributed by atoms with Crippen LogP contribution >= 0.6 is 0 Å². The molecule has 70 valence electrons. The monoisotopic (exact) mass is 173 g/mol. The maximum atomic E-state index is 7.79. The predicted octanol–water partition coefficient (Wildman–Crippen LogP) is 0.494. The van der Waals surface area contributed by atoms with E-state index < -0.39 is 6.56 Å². The van der Waals surface area contributed by atoms with Crippen LogP contribution in [0.15, 0.2) is 0 Å². The molecule has 0 radical (unpaired) electrons. The summed E-state index contributed by atoms with van der Waals surface area (Å²) in [5, 5.41) is 0. The molecule has 0 aromatic heterocycles. The lowest BCUT2D eigenvalue weighted by Gasteiger charge is -2.46. The standard InChI is InChI=1S/C9H17NO2/c1-7-8(2)12-6-9-5-11-4-3-10(7)9/h7-9H,3-6H2,1-2H3/t7-,8+,9?/m1/s1/i6D2. The molecular formula is C9H17NO2. The van der Waals surface area contributed by atoms with E-state index in [1.807, 2.05) is 6.92 Å². The molecule has 0 aromatic rings. The molecule has 2 heterocycles. The minimum Gasteiger partial charge on any atom is -0.378 e. The molecule has 0 bridgehead atoms. The van der Waals surface area contributed by atoms with Gasteiger partial charge in [0.15, 0.2) is 0 Å². The van der Waals surface area contributed by atoms with E-state index in [4.69, 9.17) is 12.2 Å². The molecule has 3 heteroatoms. The minimum absolute atomic E-state index is 0.0562. The van der Waals surface area contributed by atoms with E-state index >= 15 is 0 Å². The molecule has 0 aromatic carbocycles. The van der Waals surface area contributed by atoms with Gasteiger partial charge in [-0.3, -0.25) is 4.90 Å². The lowest BCUT2D eigenvalue weighted by molar-refractivity contribution is -0.138. The summed E-state index contributed by atoms with van der Waals surface area (Å²) in [6.07, 6.45) is -0.0562. The topological polar surface area (TPSA) is 21.7 Å². The Kier molecular flexibility index (Phi) is 1.76. The highest BCUT2D eigenvalue weighted by Crippen LogP contribution is 2.20. The number of nitrogens with zero attached hydrogens (tertiary/aromatic N) is 1. The van der Waals surface area contributed by atoms with Crippen molar-refractivity contribution in [3.8, 4) is 0 Å². The van der Waals surface area contributed by atoms with Crippen molar-refractivity contribution in [2.24, 2.45) is 0 Å². The van der Waals surface area contributed by atoms with Gasteiger partial charge in [-0.2, -0.15) is 0 Å². The van der Waals surface area contributed by atoms with Crippen molar-refractivity contribution >= 4 is 0 Å². The van der Waals surface area contributed by atoms with Gasteiger partial charge in [-0.05, 0) is 13.8 Å². The van der Waals surface area contributed by atoms with E-state index in [9.17, 15) is 0 Å².